The molecule has 1 saturated carbocycles. The Morgan fingerprint density at radius 1 is 1.43 bits per heavy atom. The Bertz CT molecular complexity index is 222. The van der Waals surface area contributed by atoms with Crippen LogP contribution in [-0.2, 0) is 0 Å². The topological polar surface area (TPSA) is 0 Å². The van der Waals surface area contributed by atoms with Gasteiger partial charge in [0.05, 0.1) is 0 Å². The normalized spacial score (nSPS) is 30.2. The number of hydrogen-bond donors (Lipinski definition) is 0. The van der Waals surface area contributed by atoms with Crippen molar-refractivity contribution in [1.82, 2.24) is 0 Å². The standard InChI is InChI=1S/C14H24/c1-6-12-9-14(4,5)10-13(12)8-7-11(2)3/h6,12-13H,1-2,7-10H2,3-5H3/t12-,13-/m0/s1. The lowest BCUT2D eigenvalue weighted by molar-refractivity contribution is 0.354. The molecule has 14 heavy (non-hydrogen) atoms. The Morgan fingerprint density at radius 2 is 2.07 bits per heavy atom. The van der Waals surface area contributed by atoms with E-state index in [1.165, 1.54) is 31.3 Å². The summed E-state index contributed by atoms with van der Waals surface area (Å²) < 4.78 is 0. The quantitative estimate of drug-likeness (QED) is 0.572. The largest absolute Gasteiger partial charge is 0.103 e. The summed E-state index contributed by atoms with van der Waals surface area (Å²) in [5, 5.41) is 0. The number of allylic oxidation sites excluding steroid dienone is 2. The van der Waals surface area contributed by atoms with Gasteiger partial charge in [-0.2, -0.15) is 0 Å². The lowest BCUT2D eigenvalue weighted by Gasteiger charge is -2.17. The highest BCUT2D eigenvalue weighted by Crippen LogP contribution is 2.47. The molecule has 0 bridgehead atoms. The van der Waals surface area contributed by atoms with Gasteiger partial charge in [0.25, 0.3) is 0 Å². The molecule has 1 fully saturated rings. The maximum Gasteiger partial charge on any atom is -0.0202 e. The predicted molar refractivity (Wildman–Crippen MR) is 64.2 cm³/mol. The molecule has 0 unspecified atom stereocenters. The molecular formula is C14H24. The van der Waals surface area contributed by atoms with Crippen LogP contribution < -0.4 is 0 Å². The zero-order valence-corrected chi connectivity index (χ0v) is 9.97. The van der Waals surface area contributed by atoms with E-state index in [1.807, 2.05) is 0 Å². The van der Waals surface area contributed by atoms with Gasteiger partial charge in [-0.15, -0.1) is 13.2 Å². The van der Waals surface area contributed by atoms with Crippen molar-refractivity contribution in [3.05, 3.63) is 24.8 Å². The first-order valence-corrected chi connectivity index (χ1v) is 5.71. The maximum atomic E-state index is 3.98. The molecule has 80 valence electrons. The fourth-order valence-electron chi connectivity index (χ4n) is 2.77. The lowest BCUT2D eigenvalue weighted by Crippen LogP contribution is -2.05. The SMILES string of the molecule is C=C[C@H]1CC(C)(C)C[C@@H]1CCC(=C)C. The van der Waals surface area contributed by atoms with Crippen molar-refractivity contribution in [2.24, 2.45) is 17.3 Å². The molecule has 0 radical (unpaired) electrons. The fourth-order valence-corrected chi connectivity index (χ4v) is 2.77. The zero-order chi connectivity index (χ0) is 10.8. The first kappa shape index (κ1) is 11.6. The summed E-state index contributed by atoms with van der Waals surface area (Å²) >= 11 is 0. The van der Waals surface area contributed by atoms with Crippen LogP contribution in [0.15, 0.2) is 24.8 Å². The maximum absolute atomic E-state index is 3.98. The van der Waals surface area contributed by atoms with Crippen LogP contribution in [0.4, 0.5) is 0 Å². The van der Waals surface area contributed by atoms with Crippen molar-refractivity contribution in [2.75, 3.05) is 0 Å². The van der Waals surface area contributed by atoms with Gasteiger partial charge >= 0.3 is 0 Å². The first-order chi connectivity index (χ1) is 6.44. The van der Waals surface area contributed by atoms with Gasteiger partial charge in [0.2, 0.25) is 0 Å². The van der Waals surface area contributed by atoms with Crippen LogP contribution in [-0.4, -0.2) is 0 Å². The zero-order valence-electron chi connectivity index (χ0n) is 9.97. The van der Waals surface area contributed by atoms with Crippen molar-refractivity contribution < 1.29 is 0 Å². The molecule has 0 aliphatic heterocycles. The Hall–Kier alpha value is -0.520. The van der Waals surface area contributed by atoms with Gasteiger partial charge in [0, 0.05) is 0 Å². The number of hydrogen-bond acceptors (Lipinski definition) is 0. The molecule has 0 N–H and O–H groups in total. The van der Waals surface area contributed by atoms with Crippen LogP contribution in [0.2, 0.25) is 0 Å². The second-order valence-corrected chi connectivity index (χ2v) is 5.73. The highest BCUT2D eigenvalue weighted by atomic mass is 14.4. The smallest absolute Gasteiger partial charge is 0.0202 e. The molecule has 0 spiro atoms. The molecule has 1 rings (SSSR count). The molecule has 0 aromatic carbocycles. The third kappa shape index (κ3) is 3.01. The summed E-state index contributed by atoms with van der Waals surface area (Å²) in [6, 6.07) is 0. The van der Waals surface area contributed by atoms with Crippen molar-refractivity contribution in [2.45, 2.75) is 46.5 Å². The average Bonchev–Trinajstić information content (AvgIpc) is 2.37. The van der Waals surface area contributed by atoms with E-state index in [9.17, 15) is 0 Å². The van der Waals surface area contributed by atoms with E-state index in [0.29, 0.717) is 5.41 Å². The second kappa shape index (κ2) is 4.33. The van der Waals surface area contributed by atoms with Gasteiger partial charge in [0.1, 0.15) is 0 Å². The third-order valence-corrected chi connectivity index (χ3v) is 3.45. The van der Waals surface area contributed by atoms with E-state index >= 15 is 0 Å². The molecule has 0 aromatic heterocycles. The molecule has 2 atom stereocenters. The van der Waals surface area contributed by atoms with E-state index < -0.39 is 0 Å². The fraction of sp³-hybridized carbons (Fsp3) is 0.714. The highest BCUT2D eigenvalue weighted by molar-refractivity contribution is 4.98. The van der Waals surface area contributed by atoms with Crippen LogP contribution >= 0.6 is 0 Å². The lowest BCUT2D eigenvalue weighted by atomic mass is 9.89. The van der Waals surface area contributed by atoms with Crippen LogP contribution in [0.1, 0.15) is 46.5 Å². The van der Waals surface area contributed by atoms with Crippen LogP contribution in [0, 0.1) is 17.3 Å². The predicted octanol–water partition coefficient (Wildman–Crippen LogP) is 4.58. The van der Waals surface area contributed by atoms with E-state index in [-0.39, 0.29) is 0 Å². The first-order valence-electron chi connectivity index (χ1n) is 5.71. The van der Waals surface area contributed by atoms with Crippen LogP contribution in [0.5, 0.6) is 0 Å². The third-order valence-electron chi connectivity index (χ3n) is 3.45. The van der Waals surface area contributed by atoms with Gasteiger partial charge in [-0.05, 0) is 49.9 Å². The van der Waals surface area contributed by atoms with Crippen LogP contribution in [0.25, 0.3) is 0 Å². The summed E-state index contributed by atoms with van der Waals surface area (Å²) in [6.07, 6.45) is 7.33. The van der Waals surface area contributed by atoms with E-state index in [2.05, 4.69) is 40.0 Å². The van der Waals surface area contributed by atoms with Crippen molar-refractivity contribution in [3.63, 3.8) is 0 Å². The average molecular weight is 192 g/mol. The molecule has 1 aliphatic rings. The Kier molecular flexibility index (Phi) is 3.58. The van der Waals surface area contributed by atoms with Crippen molar-refractivity contribution >= 4 is 0 Å². The minimum atomic E-state index is 0.526. The molecule has 0 saturated heterocycles. The monoisotopic (exact) mass is 192 g/mol. The summed E-state index contributed by atoms with van der Waals surface area (Å²) in [7, 11) is 0. The minimum Gasteiger partial charge on any atom is -0.103 e. The Morgan fingerprint density at radius 3 is 2.57 bits per heavy atom. The Labute approximate surface area is 89.1 Å². The molecule has 0 aromatic rings. The minimum absolute atomic E-state index is 0.526. The van der Waals surface area contributed by atoms with E-state index in [4.69, 9.17) is 0 Å². The van der Waals surface area contributed by atoms with Gasteiger partial charge in [0.15, 0.2) is 0 Å². The summed E-state index contributed by atoms with van der Waals surface area (Å²) in [6.45, 7) is 14.8. The van der Waals surface area contributed by atoms with Gasteiger partial charge in [-0.25, -0.2) is 0 Å². The molecule has 0 nitrogen and oxygen atoms in total. The van der Waals surface area contributed by atoms with Gasteiger partial charge in [-0.1, -0.05) is 25.5 Å². The Balaban J connectivity index is 2.51. The van der Waals surface area contributed by atoms with Gasteiger partial charge < -0.3 is 0 Å². The number of rotatable bonds is 4. The van der Waals surface area contributed by atoms with Crippen molar-refractivity contribution in [3.8, 4) is 0 Å². The summed E-state index contributed by atoms with van der Waals surface area (Å²) in [4.78, 5) is 0. The van der Waals surface area contributed by atoms with E-state index in [1.54, 1.807) is 0 Å². The van der Waals surface area contributed by atoms with E-state index in [0.717, 1.165) is 11.8 Å². The molecule has 0 heterocycles. The molecular weight excluding hydrogens is 168 g/mol. The van der Waals surface area contributed by atoms with Crippen molar-refractivity contribution in [1.29, 1.82) is 0 Å². The molecule has 0 amide bonds. The van der Waals surface area contributed by atoms with Crippen LogP contribution in [0.3, 0.4) is 0 Å². The summed E-state index contributed by atoms with van der Waals surface area (Å²) in [5.74, 6) is 1.59. The molecule has 1 aliphatic carbocycles. The van der Waals surface area contributed by atoms with Gasteiger partial charge in [-0.3, -0.25) is 0 Å². The highest BCUT2D eigenvalue weighted by Gasteiger charge is 2.36. The second-order valence-electron chi connectivity index (χ2n) is 5.73. The molecule has 0 heteroatoms. The summed E-state index contributed by atoms with van der Waals surface area (Å²) in [5.41, 5.74) is 1.84.